The van der Waals surface area contributed by atoms with Crippen molar-refractivity contribution in [3.63, 3.8) is 0 Å². The van der Waals surface area contributed by atoms with E-state index in [0.29, 0.717) is 37.2 Å². The molecule has 0 aliphatic rings. The summed E-state index contributed by atoms with van der Waals surface area (Å²) in [6, 6.07) is 4.75. The van der Waals surface area contributed by atoms with Crippen LogP contribution in [0.15, 0.2) is 23.1 Å². The molecule has 0 fully saturated rings. The highest BCUT2D eigenvalue weighted by Crippen LogP contribution is 2.20. The highest BCUT2D eigenvalue weighted by molar-refractivity contribution is 7.89. The van der Waals surface area contributed by atoms with Gasteiger partial charge in [0.1, 0.15) is 11.1 Å². The predicted molar refractivity (Wildman–Crippen MR) is 102 cm³/mol. The number of carbonyl (C=O) groups is 1. The SMILES string of the molecule is CCN(CC)S(=O)(=O)c1ccc2c(c1)nnn2CCNC(=O)OC(C)(C)C. The first-order valence-corrected chi connectivity index (χ1v) is 10.3. The zero-order chi connectivity index (χ0) is 20.2. The molecule has 0 saturated heterocycles. The van der Waals surface area contributed by atoms with Gasteiger partial charge >= 0.3 is 6.09 Å². The molecule has 27 heavy (non-hydrogen) atoms. The van der Waals surface area contributed by atoms with Crippen molar-refractivity contribution in [3.8, 4) is 0 Å². The average Bonchev–Trinajstić information content (AvgIpc) is 2.96. The number of carbonyl (C=O) groups excluding carboxylic acids is 1. The summed E-state index contributed by atoms with van der Waals surface area (Å²) in [5.74, 6) is 0. The van der Waals surface area contributed by atoms with Crippen molar-refractivity contribution in [2.24, 2.45) is 0 Å². The molecule has 2 rings (SSSR count). The van der Waals surface area contributed by atoms with Crippen LogP contribution in [0.4, 0.5) is 4.79 Å². The van der Waals surface area contributed by atoms with Gasteiger partial charge in [0.05, 0.1) is 17.0 Å². The lowest BCUT2D eigenvalue weighted by molar-refractivity contribution is 0.0525. The van der Waals surface area contributed by atoms with Crippen molar-refractivity contribution in [3.05, 3.63) is 18.2 Å². The Hall–Kier alpha value is -2.20. The fourth-order valence-corrected chi connectivity index (χ4v) is 4.05. The van der Waals surface area contributed by atoms with E-state index in [0.717, 1.165) is 0 Å². The standard InChI is InChI=1S/C17H27N5O4S/c1-6-21(7-2)27(24,25)13-8-9-15-14(12-13)19-20-22(15)11-10-18-16(23)26-17(3,4)5/h8-9,12H,6-7,10-11H2,1-5H3,(H,18,23). The third kappa shape index (κ3) is 5.16. The van der Waals surface area contributed by atoms with E-state index in [9.17, 15) is 13.2 Å². The van der Waals surface area contributed by atoms with Gasteiger partial charge in [-0.05, 0) is 39.0 Å². The van der Waals surface area contributed by atoms with E-state index >= 15 is 0 Å². The number of sulfonamides is 1. The van der Waals surface area contributed by atoms with Crippen LogP contribution < -0.4 is 5.32 Å². The smallest absolute Gasteiger partial charge is 0.407 e. The molecule has 1 heterocycles. The molecule has 10 heteroatoms. The Kier molecular flexibility index (Phi) is 6.42. The predicted octanol–water partition coefficient (Wildman–Crippen LogP) is 1.99. The summed E-state index contributed by atoms with van der Waals surface area (Å²) in [6.45, 7) is 10.5. The zero-order valence-electron chi connectivity index (χ0n) is 16.4. The molecule has 9 nitrogen and oxygen atoms in total. The van der Waals surface area contributed by atoms with Crippen molar-refractivity contribution in [1.29, 1.82) is 0 Å². The number of hydrogen-bond donors (Lipinski definition) is 1. The van der Waals surface area contributed by atoms with Gasteiger partial charge in [-0.15, -0.1) is 5.10 Å². The highest BCUT2D eigenvalue weighted by atomic mass is 32.2. The Morgan fingerprint density at radius 3 is 2.52 bits per heavy atom. The molecule has 1 N–H and O–H groups in total. The minimum absolute atomic E-state index is 0.192. The van der Waals surface area contributed by atoms with E-state index in [1.54, 1.807) is 51.4 Å². The van der Waals surface area contributed by atoms with Crippen LogP contribution in [0, 0.1) is 0 Å². The Morgan fingerprint density at radius 2 is 1.93 bits per heavy atom. The van der Waals surface area contributed by atoms with Crippen molar-refractivity contribution in [2.75, 3.05) is 19.6 Å². The van der Waals surface area contributed by atoms with Crippen molar-refractivity contribution in [2.45, 2.75) is 51.7 Å². The van der Waals surface area contributed by atoms with E-state index in [1.165, 1.54) is 10.4 Å². The summed E-state index contributed by atoms with van der Waals surface area (Å²) in [5, 5.41) is 10.7. The number of aromatic nitrogens is 3. The van der Waals surface area contributed by atoms with Crippen molar-refractivity contribution < 1.29 is 17.9 Å². The molecular formula is C17H27N5O4S. The Morgan fingerprint density at radius 1 is 1.26 bits per heavy atom. The second-order valence-corrected chi connectivity index (χ2v) is 8.92. The molecule has 1 aromatic carbocycles. The Balaban J connectivity index is 2.11. The summed E-state index contributed by atoms with van der Waals surface area (Å²) >= 11 is 0. The molecule has 2 aromatic rings. The van der Waals surface area contributed by atoms with Gasteiger partial charge in [0.25, 0.3) is 0 Å². The molecule has 0 atom stereocenters. The second-order valence-electron chi connectivity index (χ2n) is 6.98. The number of ether oxygens (including phenoxy) is 1. The van der Waals surface area contributed by atoms with Gasteiger partial charge < -0.3 is 10.1 Å². The number of rotatable bonds is 7. The molecule has 0 bridgehead atoms. The molecule has 0 unspecified atom stereocenters. The summed E-state index contributed by atoms with van der Waals surface area (Å²) < 4.78 is 33.4. The maximum Gasteiger partial charge on any atom is 0.407 e. The van der Waals surface area contributed by atoms with Crippen LogP contribution in [0.5, 0.6) is 0 Å². The second kappa shape index (κ2) is 8.22. The molecule has 1 amide bonds. The van der Waals surface area contributed by atoms with E-state index in [1.807, 2.05) is 0 Å². The van der Waals surface area contributed by atoms with Crippen LogP contribution >= 0.6 is 0 Å². The van der Waals surface area contributed by atoms with Gasteiger partial charge in [-0.3, -0.25) is 0 Å². The maximum absolute atomic E-state index is 12.6. The van der Waals surface area contributed by atoms with Gasteiger partial charge in [-0.25, -0.2) is 17.9 Å². The Labute approximate surface area is 159 Å². The first kappa shape index (κ1) is 21.1. The topological polar surface area (TPSA) is 106 Å². The lowest BCUT2D eigenvalue weighted by atomic mass is 10.2. The molecule has 0 spiro atoms. The third-order valence-electron chi connectivity index (χ3n) is 3.82. The summed E-state index contributed by atoms with van der Waals surface area (Å²) in [7, 11) is -3.55. The molecule has 0 radical (unpaired) electrons. The van der Waals surface area contributed by atoms with E-state index in [2.05, 4.69) is 15.6 Å². The lowest BCUT2D eigenvalue weighted by Gasteiger charge is -2.19. The largest absolute Gasteiger partial charge is 0.444 e. The quantitative estimate of drug-likeness (QED) is 0.766. The molecule has 0 aliphatic carbocycles. The number of hydrogen-bond acceptors (Lipinski definition) is 6. The minimum atomic E-state index is -3.55. The van der Waals surface area contributed by atoms with Crippen LogP contribution in [0.3, 0.4) is 0 Å². The number of alkyl carbamates (subject to hydrolysis) is 1. The highest BCUT2D eigenvalue weighted by Gasteiger charge is 2.22. The molecule has 1 aromatic heterocycles. The normalized spacial score (nSPS) is 12.5. The fraction of sp³-hybridized carbons (Fsp3) is 0.588. The van der Waals surface area contributed by atoms with Gasteiger partial charge in [-0.2, -0.15) is 4.31 Å². The molecule has 0 aliphatic heterocycles. The van der Waals surface area contributed by atoms with Gasteiger partial charge in [-0.1, -0.05) is 19.1 Å². The first-order chi connectivity index (χ1) is 12.6. The van der Waals surface area contributed by atoms with Crippen molar-refractivity contribution in [1.82, 2.24) is 24.6 Å². The number of fused-ring (bicyclic) bond motifs is 1. The van der Waals surface area contributed by atoms with Crippen LogP contribution in [-0.2, 0) is 21.3 Å². The van der Waals surface area contributed by atoms with Gasteiger partial charge in [0, 0.05) is 19.6 Å². The van der Waals surface area contributed by atoms with E-state index in [-0.39, 0.29) is 4.90 Å². The molecule has 150 valence electrons. The fourth-order valence-electron chi connectivity index (χ4n) is 2.57. The first-order valence-electron chi connectivity index (χ1n) is 8.88. The summed E-state index contributed by atoms with van der Waals surface area (Å²) in [4.78, 5) is 11.9. The van der Waals surface area contributed by atoms with Gasteiger partial charge in [0.15, 0.2) is 0 Å². The summed E-state index contributed by atoms with van der Waals surface area (Å²) in [6.07, 6.45) is -0.500. The van der Waals surface area contributed by atoms with Crippen molar-refractivity contribution >= 4 is 27.1 Å². The number of benzene rings is 1. The van der Waals surface area contributed by atoms with Crippen LogP contribution in [0.1, 0.15) is 34.6 Å². The third-order valence-corrected chi connectivity index (χ3v) is 5.87. The maximum atomic E-state index is 12.6. The molecule has 0 saturated carbocycles. The Bertz CT molecular complexity index is 898. The van der Waals surface area contributed by atoms with E-state index in [4.69, 9.17) is 4.74 Å². The van der Waals surface area contributed by atoms with E-state index < -0.39 is 21.7 Å². The lowest BCUT2D eigenvalue weighted by Crippen LogP contribution is -2.34. The van der Waals surface area contributed by atoms with Crippen LogP contribution in [-0.4, -0.2) is 59.0 Å². The number of nitrogens with zero attached hydrogens (tertiary/aromatic N) is 4. The van der Waals surface area contributed by atoms with Gasteiger partial charge in [0.2, 0.25) is 10.0 Å². The zero-order valence-corrected chi connectivity index (χ0v) is 17.2. The minimum Gasteiger partial charge on any atom is -0.444 e. The molecular weight excluding hydrogens is 370 g/mol. The van der Waals surface area contributed by atoms with Crippen LogP contribution in [0.25, 0.3) is 11.0 Å². The average molecular weight is 398 g/mol. The number of amides is 1. The number of nitrogens with one attached hydrogen (secondary N) is 1. The van der Waals surface area contributed by atoms with Crippen LogP contribution in [0.2, 0.25) is 0 Å². The summed E-state index contributed by atoms with van der Waals surface area (Å²) in [5.41, 5.74) is 0.622. The monoisotopic (exact) mass is 397 g/mol.